The van der Waals surface area contributed by atoms with E-state index in [2.05, 4.69) is 15.5 Å². The number of hydrogen-bond acceptors (Lipinski definition) is 7. The van der Waals surface area contributed by atoms with Gasteiger partial charge in [-0.25, -0.2) is 4.68 Å². The van der Waals surface area contributed by atoms with E-state index in [0.29, 0.717) is 51.6 Å². The van der Waals surface area contributed by atoms with Gasteiger partial charge in [0.15, 0.2) is 5.82 Å². The highest BCUT2D eigenvalue weighted by atomic mass is 16.5. The minimum atomic E-state index is -0.374. The molecule has 2 aliphatic rings. The molecule has 0 saturated carbocycles. The zero-order valence-electron chi connectivity index (χ0n) is 14.5. The van der Waals surface area contributed by atoms with Gasteiger partial charge < -0.3 is 19.3 Å². The molecule has 3 rings (SSSR count). The van der Waals surface area contributed by atoms with E-state index in [9.17, 15) is 9.59 Å². The molecule has 3 heterocycles. The number of rotatable bonds is 6. The zero-order valence-corrected chi connectivity index (χ0v) is 14.5. The largest absolute Gasteiger partial charge is 0.383 e. The summed E-state index contributed by atoms with van der Waals surface area (Å²) in [6.45, 7) is 3.12. The highest BCUT2D eigenvalue weighted by molar-refractivity contribution is 5.85. The van der Waals surface area contributed by atoms with Crippen LogP contribution >= 0.6 is 0 Å². The molecular weight excluding hydrogens is 328 g/mol. The molecule has 10 heteroatoms. The van der Waals surface area contributed by atoms with Crippen LogP contribution in [-0.2, 0) is 25.6 Å². The molecule has 2 amide bonds. The lowest BCUT2D eigenvalue weighted by atomic mass is 10.1. The minimum Gasteiger partial charge on any atom is -0.383 e. The van der Waals surface area contributed by atoms with Crippen LogP contribution < -0.4 is 0 Å². The van der Waals surface area contributed by atoms with Crippen LogP contribution in [0.4, 0.5) is 0 Å². The normalized spacial score (nSPS) is 21.6. The molecule has 138 valence electrons. The fourth-order valence-corrected chi connectivity index (χ4v) is 3.10. The summed E-state index contributed by atoms with van der Waals surface area (Å²) >= 11 is 0. The Morgan fingerprint density at radius 3 is 3.04 bits per heavy atom. The van der Waals surface area contributed by atoms with Crippen LogP contribution in [0.3, 0.4) is 0 Å². The predicted octanol–water partition coefficient (Wildman–Crippen LogP) is -0.768. The summed E-state index contributed by atoms with van der Waals surface area (Å²) in [5.74, 6) is 0.594. The van der Waals surface area contributed by atoms with Gasteiger partial charge in [-0.1, -0.05) is 0 Å². The van der Waals surface area contributed by atoms with Crippen molar-refractivity contribution in [2.24, 2.45) is 0 Å². The molecule has 0 N–H and O–H groups in total. The number of nitrogens with zero attached hydrogens (tertiary/aromatic N) is 6. The van der Waals surface area contributed by atoms with Gasteiger partial charge in [-0.3, -0.25) is 9.59 Å². The molecule has 0 bridgehead atoms. The van der Waals surface area contributed by atoms with E-state index in [1.54, 1.807) is 21.6 Å². The van der Waals surface area contributed by atoms with Crippen LogP contribution in [0.15, 0.2) is 0 Å². The monoisotopic (exact) mass is 352 g/mol. The third-order valence-electron chi connectivity index (χ3n) is 4.52. The number of aromatic nitrogens is 4. The topological polar surface area (TPSA) is 103 Å². The molecule has 2 fully saturated rings. The van der Waals surface area contributed by atoms with Crippen molar-refractivity contribution >= 4 is 11.8 Å². The summed E-state index contributed by atoms with van der Waals surface area (Å²) in [6, 6.07) is 0. The molecule has 0 radical (unpaired) electrons. The molecule has 0 spiro atoms. The van der Waals surface area contributed by atoms with E-state index in [1.165, 1.54) is 0 Å². The smallest absolute Gasteiger partial charge is 0.242 e. The molecule has 2 saturated heterocycles. The number of piperidine rings is 1. The number of ether oxygens (including phenoxy) is 2. The van der Waals surface area contributed by atoms with E-state index >= 15 is 0 Å². The van der Waals surface area contributed by atoms with E-state index < -0.39 is 0 Å². The quantitative estimate of drug-likeness (QED) is 0.662. The first kappa shape index (κ1) is 17.7. The van der Waals surface area contributed by atoms with Gasteiger partial charge >= 0.3 is 0 Å². The maximum Gasteiger partial charge on any atom is 0.242 e. The van der Waals surface area contributed by atoms with Gasteiger partial charge in [0.05, 0.1) is 32.8 Å². The average Bonchev–Trinajstić information content (AvgIpc) is 3.10. The molecule has 25 heavy (non-hydrogen) atoms. The molecule has 1 atom stereocenters. The summed E-state index contributed by atoms with van der Waals surface area (Å²) < 4.78 is 12.4. The van der Waals surface area contributed by atoms with Crippen molar-refractivity contribution < 1.29 is 19.1 Å². The Kier molecular flexibility index (Phi) is 5.92. The number of morpholine rings is 1. The Morgan fingerprint density at radius 2 is 2.24 bits per heavy atom. The zero-order chi connectivity index (χ0) is 17.6. The first-order valence-corrected chi connectivity index (χ1v) is 8.61. The molecule has 1 unspecified atom stereocenters. The fraction of sp³-hybridized carbons (Fsp3) is 0.800. The summed E-state index contributed by atoms with van der Waals surface area (Å²) in [5.41, 5.74) is 0. The summed E-state index contributed by atoms with van der Waals surface area (Å²) in [7, 11) is 1.61. The molecule has 1 aromatic heterocycles. The molecule has 10 nitrogen and oxygen atoms in total. The summed E-state index contributed by atoms with van der Waals surface area (Å²) in [5, 5.41) is 11.7. The average molecular weight is 352 g/mol. The highest BCUT2D eigenvalue weighted by Gasteiger charge is 2.31. The number of likely N-dealkylation sites (tertiary alicyclic amines) is 1. The molecule has 0 aromatic carbocycles. The number of hydrogen-bond donors (Lipinski definition) is 0. The van der Waals surface area contributed by atoms with Crippen LogP contribution in [0, 0.1) is 0 Å². The first-order chi connectivity index (χ1) is 12.2. The third-order valence-corrected chi connectivity index (χ3v) is 4.52. The van der Waals surface area contributed by atoms with Crippen LogP contribution in [0.1, 0.15) is 31.2 Å². The van der Waals surface area contributed by atoms with Crippen LogP contribution in [0.5, 0.6) is 0 Å². The van der Waals surface area contributed by atoms with Crippen molar-refractivity contribution in [1.29, 1.82) is 0 Å². The van der Waals surface area contributed by atoms with Gasteiger partial charge in [0.2, 0.25) is 11.8 Å². The molecular formula is C15H24N6O4. The van der Waals surface area contributed by atoms with Crippen molar-refractivity contribution in [3.8, 4) is 0 Å². The number of amides is 2. The second kappa shape index (κ2) is 8.34. The molecule has 1 aromatic rings. The van der Waals surface area contributed by atoms with Crippen LogP contribution in [0.2, 0.25) is 0 Å². The van der Waals surface area contributed by atoms with Gasteiger partial charge in [-0.2, -0.15) is 0 Å². The lowest BCUT2D eigenvalue weighted by molar-refractivity contribution is -0.146. The Hall–Kier alpha value is -2.07. The lowest BCUT2D eigenvalue weighted by Gasteiger charge is -2.34. The minimum absolute atomic E-state index is 0.0560. The van der Waals surface area contributed by atoms with Crippen molar-refractivity contribution in [2.75, 3.05) is 46.5 Å². The fourth-order valence-electron chi connectivity index (χ4n) is 3.10. The van der Waals surface area contributed by atoms with Gasteiger partial charge in [0.1, 0.15) is 6.10 Å². The Labute approximate surface area is 146 Å². The van der Waals surface area contributed by atoms with Gasteiger partial charge in [-0.05, 0) is 23.3 Å². The van der Waals surface area contributed by atoms with E-state index in [4.69, 9.17) is 9.47 Å². The van der Waals surface area contributed by atoms with Gasteiger partial charge in [0.25, 0.3) is 0 Å². The maximum atomic E-state index is 12.6. The number of tetrazole rings is 1. The maximum absolute atomic E-state index is 12.6. The third kappa shape index (κ3) is 4.31. The second-order valence-corrected chi connectivity index (χ2v) is 6.22. The van der Waals surface area contributed by atoms with Crippen molar-refractivity contribution in [3.05, 3.63) is 5.82 Å². The Morgan fingerprint density at radius 1 is 1.36 bits per heavy atom. The first-order valence-electron chi connectivity index (χ1n) is 8.61. The number of carbonyl (C=O) groups excluding carboxylic acids is 2. The van der Waals surface area contributed by atoms with E-state index in [0.717, 1.165) is 12.8 Å². The summed E-state index contributed by atoms with van der Waals surface area (Å²) in [4.78, 5) is 27.9. The molecule has 2 aliphatic heterocycles. The summed E-state index contributed by atoms with van der Waals surface area (Å²) in [6.07, 6.45) is 2.03. The van der Waals surface area contributed by atoms with Gasteiger partial charge in [-0.15, -0.1) is 5.10 Å². The predicted molar refractivity (Wildman–Crippen MR) is 85.4 cm³/mol. The Balaban J connectivity index is 1.60. The van der Waals surface area contributed by atoms with Crippen molar-refractivity contribution in [2.45, 2.75) is 31.9 Å². The van der Waals surface area contributed by atoms with E-state index in [-0.39, 0.29) is 24.5 Å². The number of carbonyl (C=O) groups is 2. The second-order valence-electron chi connectivity index (χ2n) is 6.22. The Bertz CT molecular complexity index is 607. The van der Waals surface area contributed by atoms with Gasteiger partial charge in [0, 0.05) is 26.6 Å². The standard InChI is InChI=1S/C15H24N6O4/c1-24-8-7-21-15(16-17-18-21)12-10-20(6-9-25-12)14(23)11-19-5-3-2-4-13(19)22/h12H,2-11H2,1H3. The van der Waals surface area contributed by atoms with Crippen molar-refractivity contribution in [3.63, 3.8) is 0 Å². The number of methoxy groups -OCH3 is 1. The lowest BCUT2D eigenvalue weighted by Crippen LogP contribution is -2.49. The van der Waals surface area contributed by atoms with Crippen molar-refractivity contribution in [1.82, 2.24) is 30.0 Å². The molecule has 0 aliphatic carbocycles. The SMILES string of the molecule is COCCn1nnnc1C1CN(C(=O)CN2CCCCC2=O)CCO1. The van der Waals surface area contributed by atoms with Crippen LogP contribution in [0.25, 0.3) is 0 Å². The van der Waals surface area contributed by atoms with Crippen LogP contribution in [-0.4, -0.2) is 88.3 Å². The highest BCUT2D eigenvalue weighted by Crippen LogP contribution is 2.20. The van der Waals surface area contributed by atoms with E-state index in [1.807, 2.05) is 0 Å².